The first kappa shape index (κ1) is 15.4. The van der Waals surface area contributed by atoms with Crippen molar-refractivity contribution in [2.45, 2.75) is 32.2 Å². The van der Waals surface area contributed by atoms with Crippen LogP contribution in [0.3, 0.4) is 0 Å². The second-order valence-electron chi connectivity index (χ2n) is 6.44. The number of carbonyl (C=O) groups is 1. The fourth-order valence-electron chi connectivity index (χ4n) is 3.28. The van der Waals surface area contributed by atoms with E-state index < -0.39 is 0 Å². The third-order valence-electron chi connectivity index (χ3n) is 4.58. The number of nitrogens with zero attached hydrogens (tertiary/aromatic N) is 2. The molecule has 0 aliphatic carbocycles. The highest BCUT2D eigenvalue weighted by Gasteiger charge is 2.24. The van der Waals surface area contributed by atoms with Crippen molar-refractivity contribution in [3.05, 3.63) is 29.6 Å². The molecule has 120 valence electrons. The molecule has 1 aromatic heterocycles. The highest BCUT2D eigenvalue weighted by molar-refractivity contribution is 5.92. The van der Waals surface area contributed by atoms with Gasteiger partial charge in [0.25, 0.3) is 5.91 Å². The summed E-state index contributed by atoms with van der Waals surface area (Å²) in [4.78, 5) is 19.0. The van der Waals surface area contributed by atoms with Crippen LogP contribution >= 0.6 is 0 Å². The lowest BCUT2D eigenvalue weighted by molar-refractivity contribution is 0.0898. The van der Waals surface area contributed by atoms with E-state index in [2.05, 4.69) is 15.2 Å². The summed E-state index contributed by atoms with van der Waals surface area (Å²) in [6.45, 7) is 6.99. The van der Waals surface area contributed by atoms with Gasteiger partial charge in [0, 0.05) is 38.0 Å². The number of pyridine rings is 1. The van der Waals surface area contributed by atoms with Gasteiger partial charge in [0.1, 0.15) is 5.69 Å². The van der Waals surface area contributed by atoms with Crippen LogP contribution in [0.5, 0.6) is 0 Å². The van der Waals surface area contributed by atoms with Crippen LogP contribution in [-0.4, -0.2) is 54.7 Å². The molecule has 2 aliphatic heterocycles. The molecule has 2 aliphatic rings. The number of aryl methyl sites for hydroxylation is 1. The number of hydrogen-bond acceptors (Lipinski definition) is 4. The predicted molar refractivity (Wildman–Crippen MR) is 84.8 cm³/mol. The smallest absolute Gasteiger partial charge is 0.270 e. The number of hydrogen-bond donors (Lipinski definition) is 1. The molecule has 0 saturated carbocycles. The highest BCUT2D eigenvalue weighted by Crippen LogP contribution is 2.17. The van der Waals surface area contributed by atoms with Gasteiger partial charge < -0.3 is 15.0 Å². The molecule has 1 amide bonds. The molecular formula is C17H25N3O2. The van der Waals surface area contributed by atoms with Crippen molar-refractivity contribution in [3.63, 3.8) is 0 Å². The molecule has 1 N–H and O–H groups in total. The lowest BCUT2D eigenvalue weighted by atomic mass is 10.0. The van der Waals surface area contributed by atoms with Crippen molar-refractivity contribution in [1.29, 1.82) is 0 Å². The minimum Gasteiger partial charge on any atom is -0.381 e. The molecule has 0 bridgehead atoms. The Morgan fingerprint density at radius 2 is 2.18 bits per heavy atom. The molecule has 3 heterocycles. The van der Waals surface area contributed by atoms with Crippen molar-refractivity contribution in [1.82, 2.24) is 15.2 Å². The fraction of sp³-hybridized carbons (Fsp3) is 0.647. The predicted octanol–water partition coefficient (Wildman–Crippen LogP) is 1.62. The molecule has 3 rings (SSSR count). The molecule has 2 fully saturated rings. The number of nitrogens with one attached hydrogen (secondary N) is 1. The van der Waals surface area contributed by atoms with Gasteiger partial charge in [-0.25, -0.2) is 4.98 Å². The fourth-order valence-corrected chi connectivity index (χ4v) is 3.28. The molecule has 5 nitrogen and oxygen atoms in total. The van der Waals surface area contributed by atoms with Crippen molar-refractivity contribution in [2.75, 3.05) is 32.8 Å². The van der Waals surface area contributed by atoms with E-state index in [-0.39, 0.29) is 11.9 Å². The first-order valence-corrected chi connectivity index (χ1v) is 8.25. The maximum absolute atomic E-state index is 12.2. The number of amides is 1. The molecule has 0 unspecified atom stereocenters. The van der Waals surface area contributed by atoms with Crippen molar-refractivity contribution >= 4 is 5.91 Å². The summed E-state index contributed by atoms with van der Waals surface area (Å²) in [6, 6.07) is 5.83. The van der Waals surface area contributed by atoms with E-state index in [4.69, 9.17) is 4.74 Å². The summed E-state index contributed by atoms with van der Waals surface area (Å²) in [5, 5.41) is 3.12. The normalized spacial score (nSPS) is 23.6. The van der Waals surface area contributed by atoms with Gasteiger partial charge in [-0.05, 0) is 44.2 Å². The van der Waals surface area contributed by atoms with E-state index in [1.165, 1.54) is 6.42 Å². The number of ether oxygens (including phenoxy) is 1. The second-order valence-corrected chi connectivity index (χ2v) is 6.44. The van der Waals surface area contributed by atoms with Crippen LogP contribution in [0.4, 0.5) is 0 Å². The van der Waals surface area contributed by atoms with Crippen LogP contribution in [0, 0.1) is 12.8 Å². The number of rotatable bonds is 4. The molecule has 0 aromatic carbocycles. The molecule has 0 radical (unpaired) electrons. The summed E-state index contributed by atoms with van der Waals surface area (Å²) in [7, 11) is 0. The molecule has 2 saturated heterocycles. The molecule has 0 spiro atoms. The summed E-state index contributed by atoms with van der Waals surface area (Å²) in [5.74, 6) is 0.647. The van der Waals surface area contributed by atoms with Crippen LogP contribution in [0.2, 0.25) is 0 Å². The van der Waals surface area contributed by atoms with E-state index in [0.29, 0.717) is 11.6 Å². The quantitative estimate of drug-likeness (QED) is 0.918. The standard InChI is InChI=1S/C17H25N3O2/c1-13-3-2-4-16(18-13)17(21)19-15-5-8-20(9-6-15)11-14-7-10-22-12-14/h2-4,14-15H,5-12H2,1H3,(H,19,21)/t14-/m0/s1. The Morgan fingerprint density at radius 3 is 2.86 bits per heavy atom. The van der Waals surface area contributed by atoms with Crippen molar-refractivity contribution in [2.24, 2.45) is 5.92 Å². The van der Waals surface area contributed by atoms with Gasteiger partial charge in [-0.1, -0.05) is 6.07 Å². The Kier molecular flexibility index (Phi) is 5.05. The third kappa shape index (κ3) is 4.05. The Morgan fingerprint density at radius 1 is 1.36 bits per heavy atom. The molecule has 22 heavy (non-hydrogen) atoms. The first-order chi connectivity index (χ1) is 10.7. The van der Waals surface area contributed by atoms with Gasteiger partial charge in [0.2, 0.25) is 0 Å². The van der Waals surface area contributed by atoms with Crippen LogP contribution in [0.15, 0.2) is 18.2 Å². The average molecular weight is 303 g/mol. The Balaban J connectivity index is 1.44. The lowest BCUT2D eigenvalue weighted by Crippen LogP contribution is -2.46. The van der Waals surface area contributed by atoms with E-state index >= 15 is 0 Å². The number of aromatic nitrogens is 1. The average Bonchev–Trinajstić information content (AvgIpc) is 3.02. The molecule has 1 atom stereocenters. The van der Waals surface area contributed by atoms with Crippen molar-refractivity contribution < 1.29 is 9.53 Å². The molecule has 1 aromatic rings. The summed E-state index contributed by atoms with van der Waals surface area (Å²) in [6.07, 6.45) is 3.23. The van der Waals surface area contributed by atoms with E-state index in [0.717, 1.165) is 51.4 Å². The highest BCUT2D eigenvalue weighted by atomic mass is 16.5. The van der Waals surface area contributed by atoms with Crippen LogP contribution in [0.25, 0.3) is 0 Å². The minimum atomic E-state index is -0.0497. The summed E-state index contributed by atoms with van der Waals surface area (Å²) in [5.41, 5.74) is 1.40. The maximum atomic E-state index is 12.2. The monoisotopic (exact) mass is 303 g/mol. The SMILES string of the molecule is Cc1cccc(C(=O)NC2CCN(C[C@@H]3CCOC3)CC2)n1. The van der Waals surface area contributed by atoms with Gasteiger partial charge in [-0.15, -0.1) is 0 Å². The van der Waals surface area contributed by atoms with Crippen molar-refractivity contribution in [3.8, 4) is 0 Å². The zero-order valence-corrected chi connectivity index (χ0v) is 13.3. The second kappa shape index (κ2) is 7.20. The largest absolute Gasteiger partial charge is 0.381 e. The zero-order valence-electron chi connectivity index (χ0n) is 13.3. The van der Waals surface area contributed by atoms with Crippen LogP contribution in [0.1, 0.15) is 35.4 Å². The number of carbonyl (C=O) groups excluding carboxylic acids is 1. The summed E-state index contributed by atoms with van der Waals surface area (Å²) >= 11 is 0. The van der Waals surface area contributed by atoms with Crippen LogP contribution < -0.4 is 5.32 Å². The van der Waals surface area contributed by atoms with Crippen LogP contribution in [-0.2, 0) is 4.74 Å². The van der Waals surface area contributed by atoms with E-state index in [1.54, 1.807) is 6.07 Å². The van der Waals surface area contributed by atoms with Gasteiger partial charge in [-0.3, -0.25) is 4.79 Å². The van der Waals surface area contributed by atoms with Gasteiger partial charge >= 0.3 is 0 Å². The zero-order chi connectivity index (χ0) is 15.4. The number of likely N-dealkylation sites (tertiary alicyclic amines) is 1. The lowest BCUT2D eigenvalue weighted by Gasteiger charge is -2.33. The topological polar surface area (TPSA) is 54.5 Å². The number of piperidine rings is 1. The Labute approximate surface area is 132 Å². The van der Waals surface area contributed by atoms with E-state index in [1.807, 2.05) is 19.1 Å². The molecule has 5 heteroatoms. The van der Waals surface area contributed by atoms with Gasteiger partial charge in [0.05, 0.1) is 6.61 Å². The molecular weight excluding hydrogens is 278 g/mol. The Bertz CT molecular complexity index is 506. The Hall–Kier alpha value is -1.46. The van der Waals surface area contributed by atoms with Gasteiger partial charge in [-0.2, -0.15) is 0 Å². The minimum absolute atomic E-state index is 0.0497. The first-order valence-electron chi connectivity index (χ1n) is 8.25. The maximum Gasteiger partial charge on any atom is 0.270 e. The van der Waals surface area contributed by atoms with Gasteiger partial charge in [0.15, 0.2) is 0 Å². The summed E-state index contributed by atoms with van der Waals surface area (Å²) < 4.78 is 5.44. The third-order valence-corrected chi connectivity index (χ3v) is 4.58. The van der Waals surface area contributed by atoms with E-state index in [9.17, 15) is 4.79 Å².